The van der Waals surface area contributed by atoms with E-state index in [4.69, 9.17) is 5.73 Å². The van der Waals surface area contributed by atoms with Crippen molar-refractivity contribution in [3.63, 3.8) is 0 Å². The highest BCUT2D eigenvalue weighted by molar-refractivity contribution is 5.98. The lowest BCUT2D eigenvalue weighted by Crippen LogP contribution is -2.56. The molecule has 3 N–H and O–H groups in total. The number of piperazine rings is 1. The van der Waals surface area contributed by atoms with Crippen molar-refractivity contribution in [3.8, 4) is 0 Å². The molecule has 1 unspecified atom stereocenters. The topological polar surface area (TPSA) is 65.4 Å². The van der Waals surface area contributed by atoms with Crippen molar-refractivity contribution in [3.05, 3.63) is 36.0 Å². The number of hydrogen-bond donors (Lipinski definition) is 2. The number of H-pyrrole nitrogens is 1. The molecule has 5 heteroatoms. The van der Waals surface area contributed by atoms with Gasteiger partial charge in [0.2, 0.25) is 0 Å². The van der Waals surface area contributed by atoms with Gasteiger partial charge in [-0.25, -0.2) is 0 Å². The zero-order valence-corrected chi connectivity index (χ0v) is 11.7. The van der Waals surface area contributed by atoms with E-state index in [0.717, 1.165) is 36.1 Å². The molecule has 1 aromatic carbocycles. The van der Waals surface area contributed by atoms with Gasteiger partial charge in [-0.05, 0) is 31.3 Å². The molecule has 1 saturated heterocycles. The Kier molecular flexibility index (Phi) is 3.46. The molecule has 20 heavy (non-hydrogen) atoms. The molecule has 1 aliphatic rings. The van der Waals surface area contributed by atoms with Crippen LogP contribution in [-0.4, -0.2) is 60.0 Å². The first-order valence-electron chi connectivity index (χ1n) is 6.96. The standard InChI is InChI=1S/C15H20N4O/c1-18-6-7-19(13(9-16)10-18)15(20)12-2-3-14-11(8-12)4-5-17-14/h2-5,8,13,17H,6-7,9-10,16H2,1H3. The highest BCUT2D eigenvalue weighted by Crippen LogP contribution is 2.18. The van der Waals surface area contributed by atoms with Crippen molar-refractivity contribution < 1.29 is 4.79 Å². The second-order valence-corrected chi connectivity index (χ2v) is 5.43. The van der Waals surface area contributed by atoms with Crippen molar-refractivity contribution in [2.75, 3.05) is 33.2 Å². The quantitative estimate of drug-likeness (QED) is 0.853. The average molecular weight is 272 g/mol. The number of carbonyl (C=O) groups excluding carboxylic acids is 1. The lowest BCUT2D eigenvalue weighted by Gasteiger charge is -2.39. The van der Waals surface area contributed by atoms with Crippen molar-refractivity contribution in [1.82, 2.24) is 14.8 Å². The molecular weight excluding hydrogens is 252 g/mol. The maximum absolute atomic E-state index is 12.7. The number of rotatable bonds is 2. The summed E-state index contributed by atoms with van der Waals surface area (Å²) in [6.45, 7) is 2.98. The van der Waals surface area contributed by atoms with E-state index in [0.29, 0.717) is 6.54 Å². The van der Waals surface area contributed by atoms with Crippen LogP contribution in [0.25, 0.3) is 10.9 Å². The van der Waals surface area contributed by atoms with E-state index in [-0.39, 0.29) is 11.9 Å². The number of benzene rings is 1. The number of amides is 1. The Morgan fingerprint density at radius 1 is 1.40 bits per heavy atom. The normalized spacial score (nSPS) is 20.5. The summed E-state index contributed by atoms with van der Waals surface area (Å²) >= 11 is 0. The summed E-state index contributed by atoms with van der Waals surface area (Å²) in [5.74, 6) is 0.0802. The number of fused-ring (bicyclic) bond motifs is 1. The molecule has 2 aromatic rings. The van der Waals surface area contributed by atoms with E-state index >= 15 is 0 Å². The van der Waals surface area contributed by atoms with Gasteiger partial charge in [0.15, 0.2) is 0 Å². The first-order valence-corrected chi connectivity index (χ1v) is 6.96. The van der Waals surface area contributed by atoms with Crippen LogP contribution in [-0.2, 0) is 0 Å². The molecule has 1 fully saturated rings. The Balaban J connectivity index is 1.86. The van der Waals surface area contributed by atoms with Crippen LogP contribution in [0, 0.1) is 0 Å². The van der Waals surface area contributed by atoms with Crippen LogP contribution in [0.15, 0.2) is 30.5 Å². The van der Waals surface area contributed by atoms with Crippen molar-refractivity contribution in [1.29, 1.82) is 0 Å². The van der Waals surface area contributed by atoms with E-state index < -0.39 is 0 Å². The largest absolute Gasteiger partial charge is 0.361 e. The van der Waals surface area contributed by atoms with Gasteiger partial charge in [0, 0.05) is 48.8 Å². The van der Waals surface area contributed by atoms with Gasteiger partial charge in [0.1, 0.15) is 0 Å². The van der Waals surface area contributed by atoms with E-state index in [1.165, 1.54) is 0 Å². The van der Waals surface area contributed by atoms with Gasteiger partial charge in [-0.2, -0.15) is 0 Å². The number of aromatic nitrogens is 1. The third kappa shape index (κ3) is 2.30. The van der Waals surface area contributed by atoms with Crippen molar-refractivity contribution in [2.24, 2.45) is 5.73 Å². The number of likely N-dealkylation sites (N-methyl/N-ethyl adjacent to an activating group) is 1. The number of hydrogen-bond acceptors (Lipinski definition) is 3. The lowest BCUT2D eigenvalue weighted by molar-refractivity contribution is 0.0516. The molecule has 106 valence electrons. The number of nitrogens with two attached hydrogens (primary N) is 1. The highest BCUT2D eigenvalue weighted by Gasteiger charge is 2.28. The zero-order chi connectivity index (χ0) is 14.1. The molecule has 0 aliphatic carbocycles. The molecule has 2 heterocycles. The fourth-order valence-electron chi connectivity index (χ4n) is 2.83. The Morgan fingerprint density at radius 2 is 2.25 bits per heavy atom. The van der Waals surface area contributed by atoms with Gasteiger partial charge in [-0.1, -0.05) is 0 Å². The Hall–Kier alpha value is -1.85. The number of aromatic amines is 1. The fraction of sp³-hybridized carbons (Fsp3) is 0.400. The van der Waals surface area contributed by atoms with Crippen LogP contribution in [0.1, 0.15) is 10.4 Å². The monoisotopic (exact) mass is 272 g/mol. The molecule has 1 aromatic heterocycles. The minimum absolute atomic E-state index is 0.0802. The van der Waals surface area contributed by atoms with Gasteiger partial charge < -0.3 is 20.5 Å². The molecule has 0 saturated carbocycles. The van der Waals surface area contributed by atoms with Gasteiger partial charge in [-0.15, -0.1) is 0 Å². The van der Waals surface area contributed by atoms with E-state index in [1.807, 2.05) is 35.4 Å². The highest BCUT2D eigenvalue weighted by atomic mass is 16.2. The molecular formula is C15H20N4O. The van der Waals surface area contributed by atoms with Gasteiger partial charge in [0.25, 0.3) is 5.91 Å². The predicted octanol–water partition coefficient (Wildman–Crippen LogP) is 0.883. The predicted molar refractivity (Wildman–Crippen MR) is 79.7 cm³/mol. The minimum atomic E-state index is 0.0802. The van der Waals surface area contributed by atoms with Gasteiger partial charge in [-0.3, -0.25) is 4.79 Å². The van der Waals surface area contributed by atoms with E-state index in [9.17, 15) is 4.79 Å². The Bertz CT molecular complexity index is 621. The molecule has 0 bridgehead atoms. The molecule has 1 aliphatic heterocycles. The minimum Gasteiger partial charge on any atom is -0.361 e. The summed E-state index contributed by atoms with van der Waals surface area (Å²) in [5, 5.41) is 1.06. The molecule has 0 spiro atoms. The zero-order valence-electron chi connectivity index (χ0n) is 11.7. The molecule has 1 amide bonds. The Labute approximate surface area is 118 Å². The Morgan fingerprint density at radius 3 is 3.05 bits per heavy atom. The van der Waals surface area contributed by atoms with Gasteiger partial charge >= 0.3 is 0 Å². The van der Waals surface area contributed by atoms with Crippen molar-refractivity contribution >= 4 is 16.8 Å². The van der Waals surface area contributed by atoms with Crippen molar-refractivity contribution in [2.45, 2.75) is 6.04 Å². The number of nitrogens with one attached hydrogen (secondary N) is 1. The summed E-state index contributed by atoms with van der Waals surface area (Å²) in [4.78, 5) is 20.0. The van der Waals surface area contributed by atoms with Gasteiger partial charge in [0.05, 0.1) is 6.04 Å². The van der Waals surface area contributed by atoms with Crippen LogP contribution in [0.2, 0.25) is 0 Å². The van der Waals surface area contributed by atoms with Crippen LogP contribution < -0.4 is 5.73 Å². The van der Waals surface area contributed by atoms with Crippen LogP contribution >= 0.6 is 0 Å². The third-order valence-electron chi connectivity index (χ3n) is 4.02. The summed E-state index contributed by atoms with van der Waals surface area (Å²) < 4.78 is 0. The summed E-state index contributed by atoms with van der Waals surface area (Å²) in [6, 6.07) is 7.86. The first-order chi connectivity index (χ1) is 9.69. The second-order valence-electron chi connectivity index (χ2n) is 5.43. The number of carbonyl (C=O) groups is 1. The second kappa shape index (κ2) is 5.26. The SMILES string of the molecule is CN1CCN(C(=O)c2ccc3[nH]ccc3c2)C(CN)C1. The van der Waals surface area contributed by atoms with Crippen LogP contribution in [0.3, 0.4) is 0 Å². The van der Waals surface area contributed by atoms with Crippen LogP contribution in [0.5, 0.6) is 0 Å². The fourth-order valence-corrected chi connectivity index (χ4v) is 2.83. The maximum atomic E-state index is 12.7. The summed E-state index contributed by atoms with van der Waals surface area (Å²) in [7, 11) is 2.07. The summed E-state index contributed by atoms with van der Waals surface area (Å²) in [5.41, 5.74) is 7.61. The summed E-state index contributed by atoms with van der Waals surface area (Å²) in [6.07, 6.45) is 1.89. The van der Waals surface area contributed by atoms with E-state index in [2.05, 4.69) is 16.9 Å². The van der Waals surface area contributed by atoms with Crippen LogP contribution in [0.4, 0.5) is 0 Å². The van der Waals surface area contributed by atoms with E-state index in [1.54, 1.807) is 0 Å². The molecule has 0 radical (unpaired) electrons. The molecule has 1 atom stereocenters. The molecule has 5 nitrogen and oxygen atoms in total. The maximum Gasteiger partial charge on any atom is 0.254 e. The average Bonchev–Trinajstić information content (AvgIpc) is 2.93. The first kappa shape index (κ1) is 13.1. The third-order valence-corrected chi connectivity index (χ3v) is 4.02. The number of nitrogens with zero attached hydrogens (tertiary/aromatic N) is 2. The lowest BCUT2D eigenvalue weighted by atomic mass is 10.1. The smallest absolute Gasteiger partial charge is 0.254 e. The molecule has 3 rings (SSSR count).